The number of benzene rings is 3. The molecule has 41 heavy (non-hydrogen) atoms. The predicted octanol–water partition coefficient (Wildman–Crippen LogP) is 5.91. The summed E-state index contributed by atoms with van der Waals surface area (Å²) in [5, 5.41) is 9.30. The Bertz CT molecular complexity index is 1670. The van der Waals surface area contributed by atoms with E-state index in [-0.39, 0.29) is 24.0 Å². The number of nitrogens with zero attached hydrogens (tertiary/aromatic N) is 2. The van der Waals surface area contributed by atoms with Crippen LogP contribution in [0.15, 0.2) is 83.8 Å². The van der Waals surface area contributed by atoms with Crippen molar-refractivity contribution in [2.45, 2.75) is 13.2 Å². The summed E-state index contributed by atoms with van der Waals surface area (Å²) in [7, 11) is -3.02. The first-order valence-corrected chi connectivity index (χ1v) is 15.8. The topological polar surface area (TPSA) is 119 Å². The zero-order valence-corrected chi connectivity index (χ0v) is 24.6. The van der Waals surface area contributed by atoms with Crippen LogP contribution in [0.2, 0.25) is 5.02 Å². The number of amidine groups is 1. The average Bonchev–Trinajstić information content (AvgIpc) is 3.39. The van der Waals surface area contributed by atoms with Crippen molar-refractivity contribution in [1.82, 2.24) is 10.3 Å². The van der Waals surface area contributed by atoms with E-state index in [0.29, 0.717) is 46.4 Å². The van der Waals surface area contributed by atoms with E-state index in [1.807, 2.05) is 23.6 Å². The van der Waals surface area contributed by atoms with E-state index in [1.54, 1.807) is 36.5 Å². The number of sulfone groups is 1. The Morgan fingerprint density at radius 1 is 1.22 bits per heavy atom. The molecule has 0 aliphatic rings. The second-order valence-corrected chi connectivity index (χ2v) is 12.7. The van der Waals surface area contributed by atoms with Gasteiger partial charge in [0, 0.05) is 41.5 Å². The van der Waals surface area contributed by atoms with Gasteiger partial charge in [0.1, 0.15) is 38.9 Å². The van der Waals surface area contributed by atoms with E-state index in [9.17, 15) is 12.8 Å². The van der Waals surface area contributed by atoms with Gasteiger partial charge in [0.2, 0.25) is 0 Å². The van der Waals surface area contributed by atoms with E-state index < -0.39 is 9.84 Å². The molecule has 214 valence electrons. The molecule has 3 aromatic carbocycles. The molecule has 4 N–H and O–H groups in total. The quantitative estimate of drug-likeness (QED) is 0.0974. The zero-order valence-electron chi connectivity index (χ0n) is 22.2. The molecule has 0 radical (unpaired) electrons. The molecule has 0 unspecified atom stereocenters. The average molecular weight is 614 g/mol. The molecule has 12 heteroatoms. The summed E-state index contributed by atoms with van der Waals surface area (Å²) in [6.07, 6.45) is 2.76. The summed E-state index contributed by atoms with van der Waals surface area (Å²) in [6, 6.07) is 16.9. The summed E-state index contributed by atoms with van der Waals surface area (Å²) < 4.78 is 41.8. The van der Waals surface area contributed by atoms with Crippen LogP contribution in [0.5, 0.6) is 5.75 Å². The third-order valence-corrected chi connectivity index (χ3v) is 7.86. The first kappa shape index (κ1) is 30.2. The van der Waals surface area contributed by atoms with Crippen molar-refractivity contribution in [2.24, 2.45) is 10.7 Å². The van der Waals surface area contributed by atoms with E-state index >= 15 is 0 Å². The maximum Gasteiger partial charge on any atom is 0.148 e. The van der Waals surface area contributed by atoms with Crippen LogP contribution in [0.3, 0.4) is 0 Å². The van der Waals surface area contributed by atoms with Crippen molar-refractivity contribution in [2.75, 3.05) is 23.9 Å². The van der Waals surface area contributed by atoms with Crippen LogP contribution in [0.4, 0.5) is 15.8 Å². The van der Waals surface area contributed by atoms with Gasteiger partial charge in [-0.1, -0.05) is 36.4 Å². The lowest BCUT2D eigenvalue weighted by molar-refractivity contribution is 0.306. The monoisotopic (exact) mass is 613 g/mol. The van der Waals surface area contributed by atoms with Gasteiger partial charge in [-0.15, -0.1) is 11.3 Å². The number of aliphatic imine (C=N–C) groups is 1. The fourth-order valence-electron chi connectivity index (χ4n) is 3.79. The van der Waals surface area contributed by atoms with Crippen LogP contribution in [0.25, 0.3) is 11.3 Å². The number of hydrogen-bond donors (Lipinski definition) is 3. The van der Waals surface area contributed by atoms with Crippen molar-refractivity contribution in [1.29, 1.82) is 0 Å². The van der Waals surface area contributed by atoms with E-state index in [0.717, 1.165) is 16.3 Å². The lowest BCUT2D eigenvalue weighted by Crippen LogP contribution is -2.21. The molecule has 0 aliphatic carbocycles. The van der Waals surface area contributed by atoms with E-state index in [4.69, 9.17) is 22.1 Å². The van der Waals surface area contributed by atoms with Gasteiger partial charge in [0.25, 0.3) is 0 Å². The number of rotatable bonds is 13. The largest absolute Gasteiger partial charge is 0.487 e. The highest BCUT2D eigenvalue weighted by Gasteiger charge is 2.12. The zero-order chi connectivity index (χ0) is 29.4. The first-order chi connectivity index (χ1) is 19.6. The molecule has 0 saturated heterocycles. The molecule has 0 atom stereocenters. The minimum absolute atomic E-state index is 0.0703. The molecule has 0 amide bonds. The van der Waals surface area contributed by atoms with Gasteiger partial charge in [0.15, 0.2) is 0 Å². The summed E-state index contributed by atoms with van der Waals surface area (Å²) in [5.41, 5.74) is 10.6. The minimum atomic E-state index is -3.02. The number of nitrogens with one attached hydrogen (secondary N) is 2. The highest BCUT2D eigenvalue weighted by atomic mass is 35.5. The van der Waals surface area contributed by atoms with Crippen molar-refractivity contribution >= 4 is 50.0 Å². The van der Waals surface area contributed by atoms with Gasteiger partial charge in [-0.25, -0.2) is 22.8 Å². The van der Waals surface area contributed by atoms with Gasteiger partial charge in [-0.3, -0.25) is 0 Å². The number of hydrogen-bond acceptors (Lipinski definition) is 8. The molecule has 0 aliphatic heterocycles. The number of aromatic nitrogens is 1. The Morgan fingerprint density at radius 2 is 2.05 bits per heavy atom. The molecule has 0 spiro atoms. The third-order valence-electron chi connectivity index (χ3n) is 5.77. The molecule has 4 aromatic rings. The Morgan fingerprint density at radius 3 is 2.78 bits per heavy atom. The SMILES string of the molecule is C=CNc1ccc(-c2csc(CNCCS(C)(=O)=O)n2)cc1C(N)=Nc1ccc(OCc2cccc(F)c2)c(Cl)c1. The molecule has 8 nitrogen and oxygen atoms in total. The number of anilines is 1. The fourth-order valence-corrected chi connectivity index (χ4v) is 5.31. The van der Waals surface area contributed by atoms with Crippen molar-refractivity contribution in [3.05, 3.63) is 106 Å². The number of ether oxygens (including phenoxy) is 1. The standard InChI is InChI=1S/C29H29ClFN5O3S2/c1-3-34-25-9-7-20(26-18-40-28(36-26)16-33-11-12-41(2,37)38)14-23(25)29(32)35-22-8-10-27(24(30)15-22)39-17-19-5-4-6-21(31)13-19/h3-10,13-15,18,33-34H,1,11-12,16-17H2,2H3,(H2,32,35). The lowest BCUT2D eigenvalue weighted by atomic mass is 10.1. The Hall–Kier alpha value is -3.77. The molecule has 0 fully saturated rings. The van der Waals surface area contributed by atoms with Crippen LogP contribution < -0.4 is 21.1 Å². The Kier molecular flexibility index (Phi) is 10.1. The Balaban J connectivity index is 1.50. The van der Waals surface area contributed by atoms with Gasteiger partial charge >= 0.3 is 0 Å². The molecular formula is C29H29ClFN5O3S2. The van der Waals surface area contributed by atoms with Gasteiger partial charge < -0.3 is 21.1 Å². The third kappa shape index (κ3) is 8.86. The summed E-state index contributed by atoms with van der Waals surface area (Å²) in [4.78, 5) is 9.24. The first-order valence-electron chi connectivity index (χ1n) is 12.5. The van der Waals surface area contributed by atoms with Crippen LogP contribution in [-0.4, -0.2) is 37.8 Å². The van der Waals surface area contributed by atoms with Crippen LogP contribution in [0.1, 0.15) is 16.1 Å². The van der Waals surface area contributed by atoms with Crippen LogP contribution >= 0.6 is 22.9 Å². The molecule has 1 aromatic heterocycles. The maximum atomic E-state index is 13.4. The fraction of sp³-hybridized carbons (Fsp3) is 0.172. The van der Waals surface area contributed by atoms with Crippen molar-refractivity contribution in [3.8, 4) is 17.0 Å². The van der Waals surface area contributed by atoms with E-state index in [1.165, 1.54) is 29.7 Å². The molecule has 1 heterocycles. The highest BCUT2D eigenvalue weighted by Crippen LogP contribution is 2.31. The number of thiazole rings is 1. The molecular weight excluding hydrogens is 585 g/mol. The van der Waals surface area contributed by atoms with Gasteiger partial charge in [0.05, 0.1) is 22.2 Å². The predicted molar refractivity (Wildman–Crippen MR) is 165 cm³/mol. The molecule has 4 rings (SSSR count). The molecule has 0 saturated carbocycles. The highest BCUT2D eigenvalue weighted by molar-refractivity contribution is 7.90. The smallest absolute Gasteiger partial charge is 0.148 e. The van der Waals surface area contributed by atoms with Crippen LogP contribution in [-0.2, 0) is 23.0 Å². The number of halogens is 2. The van der Waals surface area contributed by atoms with Crippen molar-refractivity contribution < 1.29 is 17.5 Å². The van der Waals surface area contributed by atoms with Crippen LogP contribution in [0, 0.1) is 5.82 Å². The second-order valence-electron chi connectivity index (χ2n) is 9.07. The summed E-state index contributed by atoms with van der Waals surface area (Å²) in [5.74, 6) is 0.426. The second kappa shape index (κ2) is 13.7. The number of nitrogens with two attached hydrogens (primary N) is 1. The summed E-state index contributed by atoms with van der Waals surface area (Å²) >= 11 is 7.91. The van der Waals surface area contributed by atoms with Gasteiger partial charge in [-0.2, -0.15) is 0 Å². The normalized spacial score (nSPS) is 11.8. The summed E-state index contributed by atoms with van der Waals surface area (Å²) in [6.45, 7) is 4.73. The minimum Gasteiger partial charge on any atom is -0.487 e. The Labute approximate surface area is 247 Å². The van der Waals surface area contributed by atoms with Crippen molar-refractivity contribution in [3.63, 3.8) is 0 Å². The van der Waals surface area contributed by atoms with E-state index in [2.05, 4.69) is 27.2 Å². The molecule has 0 bridgehead atoms. The lowest BCUT2D eigenvalue weighted by Gasteiger charge is -2.12. The maximum absolute atomic E-state index is 13.4. The van der Waals surface area contributed by atoms with Gasteiger partial charge in [-0.05, 0) is 54.2 Å².